The fraction of sp³-hybridized carbons (Fsp3) is 0.625. The molecule has 2 rings (SSSR count). The van der Waals surface area contributed by atoms with Crippen LogP contribution in [0.5, 0.6) is 0 Å². The van der Waals surface area contributed by atoms with Crippen molar-refractivity contribution in [3.05, 3.63) is 23.4 Å². The molecule has 1 N–H and O–H groups in total. The molecule has 1 amide bonds. The van der Waals surface area contributed by atoms with E-state index in [0.29, 0.717) is 11.6 Å². The summed E-state index contributed by atoms with van der Waals surface area (Å²) in [4.78, 5) is 21.2. The minimum atomic E-state index is 0.0731. The summed E-state index contributed by atoms with van der Waals surface area (Å²) in [5.41, 5.74) is 1.66. The summed E-state index contributed by atoms with van der Waals surface area (Å²) in [5.74, 6) is 0.827. The van der Waals surface area contributed by atoms with E-state index in [1.54, 1.807) is 0 Å². The summed E-state index contributed by atoms with van der Waals surface area (Å²) in [7, 11) is 5.85. The SMILES string of the molecule is CCc1cc(C(=O)N(C)CC2CCCN2C)cc(NC)n1. The molecule has 0 aliphatic carbocycles. The number of nitrogens with zero attached hydrogens (tertiary/aromatic N) is 3. The van der Waals surface area contributed by atoms with Gasteiger partial charge < -0.3 is 15.1 Å². The van der Waals surface area contributed by atoms with Gasteiger partial charge in [0, 0.05) is 37.9 Å². The van der Waals surface area contributed by atoms with Gasteiger partial charge in [0.05, 0.1) is 0 Å². The molecule has 0 spiro atoms. The topological polar surface area (TPSA) is 48.5 Å². The van der Waals surface area contributed by atoms with Crippen LogP contribution < -0.4 is 5.32 Å². The molecular formula is C16H26N4O. The summed E-state index contributed by atoms with van der Waals surface area (Å²) in [6, 6.07) is 4.21. The molecule has 1 saturated heterocycles. The average molecular weight is 290 g/mol. The Morgan fingerprint density at radius 1 is 1.52 bits per heavy atom. The fourth-order valence-electron chi connectivity index (χ4n) is 2.85. The van der Waals surface area contributed by atoms with Crippen LogP contribution in [0.3, 0.4) is 0 Å². The number of anilines is 1. The summed E-state index contributed by atoms with van der Waals surface area (Å²) >= 11 is 0. The monoisotopic (exact) mass is 290 g/mol. The average Bonchev–Trinajstić information content (AvgIpc) is 2.90. The van der Waals surface area contributed by atoms with Gasteiger partial charge in [-0.25, -0.2) is 4.98 Å². The van der Waals surface area contributed by atoms with Crippen LogP contribution in [0.25, 0.3) is 0 Å². The molecule has 2 heterocycles. The zero-order chi connectivity index (χ0) is 15.4. The van der Waals surface area contributed by atoms with E-state index in [0.717, 1.165) is 31.0 Å². The highest BCUT2D eigenvalue weighted by Crippen LogP contribution is 2.17. The summed E-state index contributed by atoms with van der Waals surface area (Å²) in [5, 5.41) is 3.03. The number of hydrogen-bond donors (Lipinski definition) is 1. The highest BCUT2D eigenvalue weighted by Gasteiger charge is 2.24. The number of carbonyl (C=O) groups excluding carboxylic acids is 1. The van der Waals surface area contributed by atoms with Crippen molar-refractivity contribution in [3.63, 3.8) is 0 Å². The first-order valence-corrected chi connectivity index (χ1v) is 7.69. The molecule has 0 aromatic carbocycles. The van der Waals surface area contributed by atoms with Gasteiger partial charge in [-0.15, -0.1) is 0 Å². The molecule has 21 heavy (non-hydrogen) atoms. The van der Waals surface area contributed by atoms with E-state index in [2.05, 4.69) is 22.2 Å². The number of aromatic nitrogens is 1. The molecule has 1 atom stereocenters. The number of hydrogen-bond acceptors (Lipinski definition) is 4. The van der Waals surface area contributed by atoms with E-state index in [1.165, 1.54) is 12.8 Å². The van der Waals surface area contributed by atoms with E-state index in [4.69, 9.17) is 0 Å². The number of nitrogens with one attached hydrogen (secondary N) is 1. The first-order chi connectivity index (χ1) is 10.0. The third-order valence-corrected chi connectivity index (χ3v) is 4.25. The van der Waals surface area contributed by atoms with Gasteiger partial charge in [0.25, 0.3) is 5.91 Å². The number of likely N-dealkylation sites (tertiary alicyclic amines) is 1. The van der Waals surface area contributed by atoms with E-state index in [9.17, 15) is 4.79 Å². The first kappa shape index (κ1) is 15.8. The largest absolute Gasteiger partial charge is 0.373 e. The van der Waals surface area contributed by atoms with Gasteiger partial charge in [-0.1, -0.05) is 6.92 Å². The van der Waals surface area contributed by atoms with Gasteiger partial charge in [-0.05, 0) is 45.0 Å². The normalized spacial score (nSPS) is 18.8. The lowest BCUT2D eigenvalue weighted by molar-refractivity contribution is 0.0761. The van der Waals surface area contributed by atoms with Crippen molar-refractivity contribution in [1.29, 1.82) is 0 Å². The van der Waals surface area contributed by atoms with Gasteiger partial charge in [0.2, 0.25) is 0 Å². The zero-order valence-corrected chi connectivity index (χ0v) is 13.5. The Kier molecular flexibility index (Phi) is 5.17. The van der Waals surface area contributed by atoms with E-state index < -0.39 is 0 Å². The van der Waals surface area contributed by atoms with Crippen molar-refractivity contribution in [3.8, 4) is 0 Å². The minimum Gasteiger partial charge on any atom is -0.373 e. The Hall–Kier alpha value is -1.62. The number of amides is 1. The molecule has 0 bridgehead atoms. The molecule has 1 fully saturated rings. The second kappa shape index (κ2) is 6.89. The predicted molar refractivity (Wildman–Crippen MR) is 85.8 cm³/mol. The third kappa shape index (κ3) is 3.73. The second-order valence-corrected chi connectivity index (χ2v) is 5.80. The molecule has 1 aliphatic heterocycles. The summed E-state index contributed by atoms with van der Waals surface area (Å²) in [6.07, 6.45) is 3.22. The third-order valence-electron chi connectivity index (χ3n) is 4.25. The molecule has 0 radical (unpaired) electrons. The van der Waals surface area contributed by atoms with Crippen LogP contribution >= 0.6 is 0 Å². The van der Waals surface area contributed by atoms with Crippen LogP contribution in [-0.2, 0) is 6.42 Å². The fourth-order valence-corrected chi connectivity index (χ4v) is 2.85. The Morgan fingerprint density at radius 2 is 2.29 bits per heavy atom. The molecule has 1 aromatic heterocycles. The van der Waals surface area contributed by atoms with E-state index in [-0.39, 0.29) is 5.91 Å². The van der Waals surface area contributed by atoms with Gasteiger partial charge in [-0.2, -0.15) is 0 Å². The van der Waals surface area contributed by atoms with Crippen LogP contribution in [-0.4, -0.2) is 61.0 Å². The zero-order valence-electron chi connectivity index (χ0n) is 13.5. The number of carbonyl (C=O) groups is 1. The Morgan fingerprint density at radius 3 is 2.86 bits per heavy atom. The number of pyridine rings is 1. The van der Waals surface area contributed by atoms with Gasteiger partial charge in [0.1, 0.15) is 5.82 Å². The van der Waals surface area contributed by atoms with Crippen molar-refractivity contribution < 1.29 is 4.79 Å². The number of rotatable bonds is 5. The number of likely N-dealkylation sites (N-methyl/N-ethyl adjacent to an activating group) is 2. The van der Waals surface area contributed by atoms with Crippen molar-refractivity contribution in [2.45, 2.75) is 32.2 Å². The summed E-state index contributed by atoms with van der Waals surface area (Å²) < 4.78 is 0. The van der Waals surface area contributed by atoms with Crippen LogP contribution in [0.15, 0.2) is 12.1 Å². The quantitative estimate of drug-likeness (QED) is 0.899. The van der Waals surface area contributed by atoms with Gasteiger partial charge >= 0.3 is 0 Å². The maximum absolute atomic E-state index is 12.6. The molecule has 1 aromatic rings. The van der Waals surface area contributed by atoms with Crippen LogP contribution in [0, 0.1) is 0 Å². The minimum absolute atomic E-state index is 0.0731. The molecule has 5 nitrogen and oxygen atoms in total. The molecule has 116 valence electrons. The van der Waals surface area contributed by atoms with E-state index >= 15 is 0 Å². The highest BCUT2D eigenvalue weighted by atomic mass is 16.2. The molecule has 1 unspecified atom stereocenters. The molecular weight excluding hydrogens is 264 g/mol. The van der Waals surface area contributed by atoms with Gasteiger partial charge in [0.15, 0.2) is 0 Å². The Bertz CT molecular complexity index is 481. The van der Waals surface area contributed by atoms with Crippen LogP contribution in [0.2, 0.25) is 0 Å². The standard InChI is InChI=1S/C16H26N4O/c1-5-13-9-12(10-15(17-2)18-13)16(21)20(4)11-14-7-6-8-19(14)3/h9-10,14H,5-8,11H2,1-4H3,(H,17,18). The molecule has 0 saturated carbocycles. The maximum atomic E-state index is 12.6. The second-order valence-electron chi connectivity index (χ2n) is 5.80. The van der Waals surface area contributed by atoms with Crippen molar-refractivity contribution in [2.75, 3.05) is 39.5 Å². The smallest absolute Gasteiger partial charge is 0.253 e. The van der Waals surface area contributed by atoms with Gasteiger partial charge in [-0.3, -0.25) is 4.79 Å². The lowest BCUT2D eigenvalue weighted by Crippen LogP contribution is -2.39. The van der Waals surface area contributed by atoms with E-state index in [1.807, 2.05) is 38.1 Å². The Labute approximate surface area is 127 Å². The lowest BCUT2D eigenvalue weighted by Gasteiger charge is -2.26. The Balaban J connectivity index is 2.11. The summed E-state index contributed by atoms with van der Waals surface area (Å²) in [6.45, 7) is 3.97. The highest BCUT2D eigenvalue weighted by molar-refractivity contribution is 5.94. The first-order valence-electron chi connectivity index (χ1n) is 7.69. The molecule has 1 aliphatic rings. The lowest BCUT2D eigenvalue weighted by atomic mass is 10.1. The van der Waals surface area contributed by atoms with Crippen molar-refractivity contribution >= 4 is 11.7 Å². The van der Waals surface area contributed by atoms with Crippen LogP contribution in [0.1, 0.15) is 35.8 Å². The number of aryl methyl sites for hydroxylation is 1. The van der Waals surface area contributed by atoms with Crippen molar-refractivity contribution in [2.24, 2.45) is 0 Å². The van der Waals surface area contributed by atoms with Crippen molar-refractivity contribution in [1.82, 2.24) is 14.8 Å². The molecule has 5 heteroatoms. The predicted octanol–water partition coefficient (Wildman–Crippen LogP) is 1.85. The van der Waals surface area contributed by atoms with Crippen LogP contribution in [0.4, 0.5) is 5.82 Å². The maximum Gasteiger partial charge on any atom is 0.253 e.